The fourth-order valence-corrected chi connectivity index (χ4v) is 4.20. The molecular weight excluding hydrogens is 397 g/mol. The van der Waals surface area contributed by atoms with E-state index in [0.29, 0.717) is 25.1 Å². The summed E-state index contributed by atoms with van der Waals surface area (Å²) in [5, 5.41) is 24.1. The first-order valence-electron chi connectivity index (χ1n) is 9.37. The maximum Gasteiger partial charge on any atom is 0.256 e. The number of nitrogens with one attached hydrogen (secondary N) is 2. The van der Waals surface area contributed by atoms with Gasteiger partial charge in [0.25, 0.3) is 5.56 Å². The van der Waals surface area contributed by atoms with Crippen molar-refractivity contribution in [2.75, 3.05) is 26.0 Å². The number of ether oxygens (including phenoxy) is 1. The van der Waals surface area contributed by atoms with Gasteiger partial charge in [0.2, 0.25) is 0 Å². The first-order chi connectivity index (χ1) is 13.0. The molecule has 1 saturated heterocycles. The van der Waals surface area contributed by atoms with Crippen molar-refractivity contribution in [1.82, 2.24) is 14.9 Å². The van der Waals surface area contributed by atoms with Crippen molar-refractivity contribution in [2.24, 2.45) is 0 Å². The summed E-state index contributed by atoms with van der Waals surface area (Å²) in [7, 11) is 0. The average molecular weight is 430 g/mol. The van der Waals surface area contributed by atoms with Crippen LogP contribution in [0.25, 0.3) is 0 Å². The van der Waals surface area contributed by atoms with E-state index in [0.717, 1.165) is 6.16 Å². The van der Waals surface area contributed by atoms with Gasteiger partial charge in [-0.1, -0.05) is 11.6 Å². The quantitative estimate of drug-likeness (QED) is 0.217. The predicted octanol–water partition coefficient (Wildman–Crippen LogP) is 1.68. The Bertz CT molecular complexity index is 869. The van der Waals surface area contributed by atoms with Crippen LogP contribution in [0.2, 0.25) is 0 Å². The third kappa shape index (κ3) is 6.24. The number of hydrogen-bond acceptors (Lipinski definition) is 6. The molecule has 1 aliphatic rings. The maximum absolute atomic E-state index is 12.2. The summed E-state index contributed by atoms with van der Waals surface area (Å²) in [4.78, 5) is 14.8. The molecule has 0 amide bonds. The molecule has 0 saturated carbocycles. The number of allylic oxidation sites excluding steroid dienone is 1. The fourth-order valence-electron chi connectivity index (χ4n) is 3.00. The van der Waals surface area contributed by atoms with E-state index in [1.807, 2.05) is 19.9 Å². The summed E-state index contributed by atoms with van der Waals surface area (Å²) in [6.45, 7) is 7.98. The highest BCUT2D eigenvalue weighted by molar-refractivity contribution is 7.72. The number of aliphatic hydroxyl groups excluding tert-OH is 2. The van der Waals surface area contributed by atoms with Crippen LogP contribution in [0.1, 0.15) is 32.1 Å². The van der Waals surface area contributed by atoms with Crippen LogP contribution in [0.4, 0.5) is 0 Å². The summed E-state index contributed by atoms with van der Waals surface area (Å²) in [6, 6.07) is 0. The number of aliphatic hydroxyl groups is 2. The third-order valence-electron chi connectivity index (χ3n) is 4.64. The molecule has 0 aliphatic carbocycles. The van der Waals surface area contributed by atoms with E-state index in [1.165, 1.54) is 10.1 Å². The fraction of sp³-hybridized carbons (Fsp3) is 0.632. The molecule has 2 rings (SSSR count). The van der Waals surface area contributed by atoms with E-state index in [4.69, 9.17) is 17.0 Å². The van der Waals surface area contributed by atoms with Crippen LogP contribution in [0.5, 0.6) is 0 Å². The number of hydrogen-bond donors (Lipinski definition) is 4. The van der Waals surface area contributed by atoms with Crippen LogP contribution in [-0.2, 0) is 11.3 Å². The highest BCUT2D eigenvalue weighted by Crippen LogP contribution is 2.39. The lowest BCUT2D eigenvalue weighted by Crippen LogP contribution is -2.33. The summed E-state index contributed by atoms with van der Waals surface area (Å²) < 4.78 is 7.61. The zero-order valence-corrected chi connectivity index (χ0v) is 18.7. The van der Waals surface area contributed by atoms with E-state index >= 15 is 0 Å². The van der Waals surface area contributed by atoms with Crippen molar-refractivity contribution in [2.45, 2.75) is 51.4 Å². The first-order valence-corrected chi connectivity index (χ1v) is 12.8. The van der Waals surface area contributed by atoms with Crippen molar-refractivity contribution in [3.63, 3.8) is 0 Å². The number of H-pyrrole nitrogens is 1. The second-order valence-electron chi connectivity index (χ2n) is 8.23. The van der Waals surface area contributed by atoms with Crippen LogP contribution >= 0.6 is 19.1 Å². The lowest BCUT2D eigenvalue weighted by molar-refractivity contribution is -0.0392. The van der Waals surface area contributed by atoms with Gasteiger partial charge in [0.15, 0.2) is 11.0 Å². The van der Waals surface area contributed by atoms with Gasteiger partial charge in [-0.15, -0.1) is 13.2 Å². The molecule has 1 aromatic heterocycles. The minimum atomic E-state index is -1.26. The molecule has 28 heavy (non-hydrogen) atoms. The van der Waals surface area contributed by atoms with Crippen molar-refractivity contribution in [1.29, 1.82) is 0 Å². The Morgan fingerprint density at radius 3 is 2.71 bits per heavy atom. The molecule has 0 aromatic carbocycles. The average Bonchev–Trinajstić information content (AvgIpc) is 2.86. The van der Waals surface area contributed by atoms with E-state index in [-0.39, 0.29) is 10.3 Å². The highest BCUT2D eigenvalue weighted by Gasteiger charge is 2.43. The largest absolute Gasteiger partial charge is 0.388 e. The van der Waals surface area contributed by atoms with Gasteiger partial charge in [-0.3, -0.25) is 14.3 Å². The first kappa shape index (κ1) is 23.3. The normalized spacial score (nSPS) is 25.1. The SMILES string of the molecule is C=P(C)(C)CC[C@H]1OC(n2cc(CNCC=C(C)C)c(=O)[nH]c2=S)[C@H](O)[C@@H]1O. The Balaban J connectivity index is 2.18. The minimum Gasteiger partial charge on any atom is -0.388 e. The molecule has 158 valence electrons. The van der Waals surface area contributed by atoms with Crippen LogP contribution in [0.3, 0.4) is 0 Å². The zero-order chi connectivity index (χ0) is 21.1. The Morgan fingerprint density at radius 1 is 1.43 bits per heavy atom. The molecule has 0 radical (unpaired) electrons. The van der Waals surface area contributed by atoms with Crippen molar-refractivity contribution < 1.29 is 14.9 Å². The second kappa shape index (κ2) is 9.65. The highest BCUT2D eigenvalue weighted by atomic mass is 32.1. The monoisotopic (exact) mass is 429 g/mol. The number of nitrogens with zero attached hydrogens (tertiary/aromatic N) is 1. The van der Waals surface area contributed by atoms with E-state index in [9.17, 15) is 15.0 Å². The van der Waals surface area contributed by atoms with E-state index < -0.39 is 31.4 Å². The molecule has 1 aliphatic heterocycles. The van der Waals surface area contributed by atoms with Gasteiger partial charge in [-0.05, 0) is 52.0 Å². The van der Waals surface area contributed by atoms with Gasteiger partial charge in [-0.2, -0.15) is 0 Å². The van der Waals surface area contributed by atoms with Crippen LogP contribution in [-0.4, -0.2) is 70.4 Å². The van der Waals surface area contributed by atoms with E-state index in [1.54, 1.807) is 6.20 Å². The molecule has 4 N–H and O–H groups in total. The van der Waals surface area contributed by atoms with Crippen LogP contribution in [0.15, 0.2) is 22.6 Å². The van der Waals surface area contributed by atoms with Crippen molar-refractivity contribution >= 4 is 25.4 Å². The topological polar surface area (TPSA) is 99.5 Å². The molecule has 7 nitrogen and oxygen atoms in total. The van der Waals surface area contributed by atoms with Crippen molar-refractivity contribution in [3.05, 3.63) is 38.5 Å². The molecular formula is C19H32N3O4PS. The number of aromatic nitrogens is 2. The standard InChI is InChI=1S/C19H32N3O4PS/c1-12(2)6-8-20-10-13-11-22(19(28)21-17(13)25)18-16(24)15(23)14(26-18)7-9-27(3,4)5/h6,11,14-16,18,20,23-24H,3,7-10H2,1-2,4-5H3,(H,21,25,28)/t14-,15-,16-,18?/m1/s1. The lowest BCUT2D eigenvalue weighted by atomic mass is 10.1. The van der Waals surface area contributed by atoms with Gasteiger partial charge in [0.05, 0.1) is 6.10 Å². The van der Waals surface area contributed by atoms with Gasteiger partial charge >= 0.3 is 0 Å². The zero-order valence-electron chi connectivity index (χ0n) is 17.0. The summed E-state index contributed by atoms with van der Waals surface area (Å²) in [5.74, 6) is 0. The predicted molar refractivity (Wildman–Crippen MR) is 118 cm³/mol. The second-order valence-corrected chi connectivity index (χ2v) is 12.9. The maximum atomic E-state index is 12.2. The summed E-state index contributed by atoms with van der Waals surface area (Å²) >= 11 is 5.26. The molecule has 0 bridgehead atoms. The smallest absolute Gasteiger partial charge is 0.256 e. The van der Waals surface area contributed by atoms with Gasteiger partial charge < -0.3 is 20.3 Å². The van der Waals surface area contributed by atoms with Gasteiger partial charge in [0, 0.05) is 24.8 Å². The van der Waals surface area contributed by atoms with Crippen LogP contribution in [0, 0.1) is 4.77 Å². The molecule has 4 atom stereocenters. The minimum absolute atomic E-state index is 0.153. The third-order valence-corrected chi connectivity index (χ3v) is 6.42. The lowest BCUT2D eigenvalue weighted by Gasteiger charge is -2.20. The molecule has 1 aromatic rings. The number of aromatic amines is 1. The Labute approximate surface area is 171 Å². The van der Waals surface area contributed by atoms with E-state index in [2.05, 4.69) is 29.9 Å². The molecule has 1 fully saturated rings. The number of rotatable bonds is 8. The Morgan fingerprint density at radius 2 is 2.11 bits per heavy atom. The molecule has 0 spiro atoms. The summed E-state index contributed by atoms with van der Waals surface area (Å²) in [6.07, 6.45) is 5.80. The Hall–Kier alpha value is -1.02. The van der Waals surface area contributed by atoms with Crippen LogP contribution < -0.4 is 10.9 Å². The van der Waals surface area contributed by atoms with Gasteiger partial charge in [0.1, 0.15) is 12.2 Å². The molecule has 2 heterocycles. The molecule has 9 heteroatoms. The van der Waals surface area contributed by atoms with Gasteiger partial charge in [-0.25, -0.2) is 0 Å². The summed E-state index contributed by atoms with van der Waals surface area (Å²) in [5.41, 5.74) is 1.39. The molecule has 1 unspecified atom stereocenters. The van der Waals surface area contributed by atoms with Crippen molar-refractivity contribution in [3.8, 4) is 0 Å². The Kier molecular flexibility index (Phi) is 8.02.